The maximum absolute atomic E-state index is 12.0. The van der Waals surface area contributed by atoms with Gasteiger partial charge in [-0.3, -0.25) is 4.90 Å². The summed E-state index contributed by atoms with van der Waals surface area (Å²) < 4.78 is 6.23. The average molecular weight is 397 g/mol. The van der Waals surface area contributed by atoms with Gasteiger partial charge in [-0.1, -0.05) is 31.9 Å². The summed E-state index contributed by atoms with van der Waals surface area (Å²) in [5, 5.41) is -0.224. The van der Waals surface area contributed by atoms with Crippen LogP contribution in [0.1, 0.15) is 13.8 Å². The van der Waals surface area contributed by atoms with E-state index in [0.29, 0.717) is 12.3 Å². The van der Waals surface area contributed by atoms with E-state index in [4.69, 9.17) is 4.74 Å². The molecule has 1 aromatic rings. The Hall–Kier alpha value is -0.200. The second-order valence-electron chi connectivity index (χ2n) is 3.70. The molecule has 0 heterocycles. The molecule has 0 spiro atoms. The molecule has 0 fully saturated rings. The van der Waals surface area contributed by atoms with Crippen LogP contribution in [0, 0.1) is 0 Å². The number of hydrogen-bond acceptors (Lipinski definition) is 3. The van der Waals surface area contributed by atoms with Gasteiger partial charge in [-0.2, -0.15) is 12.6 Å². The lowest BCUT2D eigenvalue weighted by Gasteiger charge is -2.28. The molecule has 0 aliphatic carbocycles. The third-order valence-electron chi connectivity index (χ3n) is 2.32. The number of halogens is 2. The van der Waals surface area contributed by atoms with Gasteiger partial charge in [0.1, 0.15) is 5.75 Å². The molecule has 2 unspecified atom stereocenters. The van der Waals surface area contributed by atoms with Gasteiger partial charge in [-0.25, -0.2) is 4.79 Å². The van der Waals surface area contributed by atoms with Gasteiger partial charge in [0.25, 0.3) is 0 Å². The molecule has 100 valence electrons. The monoisotopic (exact) mass is 395 g/mol. The van der Waals surface area contributed by atoms with Crippen molar-refractivity contribution in [1.29, 1.82) is 0 Å². The molecule has 1 rings (SSSR count). The van der Waals surface area contributed by atoms with Gasteiger partial charge < -0.3 is 4.74 Å². The molecule has 0 saturated carbocycles. The topological polar surface area (TPSA) is 29.5 Å². The van der Waals surface area contributed by atoms with Crippen molar-refractivity contribution in [2.24, 2.45) is 0 Å². The smallest absolute Gasteiger partial charge is 0.410 e. The highest BCUT2D eigenvalue weighted by Crippen LogP contribution is 2.20. The van der Waals surface area contributed by atoms with E-state index in [0.717, 1.165) is 4.47 Å². The van der Waals surface area contributed by atoms with Crippen LogP contribution in [-0.4, -0.2) is 27.7 Å². The maximum atomic E-state index is 12.0. The molecule has 0 saturated heterocycles. The van der Waals surface area contributed by atoms with Crippen LogP contribution in [0.5, 0.6) is 5.75 Å². The van der Waals surface area contributed by atoms with Crippen LogP contribution >= 0.6 is 44.5 Å². The fourth-order valence-electron chi connectivity index (χ4n) is 1.33. The summed E-state index contributed by atoms with van der Waals surface area (Å²) in [6.45, 7) is 4.37. The molecule has 3 nitrogen and oxygen atoms in total. The zero-order valence-corrected chi connectivity index (χ0v) is 14.2. The Labute approximate surface area is 130 Å². The Balaban J connectivity index is 2.71. The summed E-state index contributed by atoms with van der Waals surface area (Å²) >= 11 is 11.1. The molecule has 1 amide bonds. The van der Waals surface area contributed by atoms with Crippen molar-refractivity contribution in [3.8, 4) is 5.75 Å². The first-order valence-electron chi connectivity index (χ1n) is 5.51. The molecule has 0 aromatic heterocycles. The Bertz CT molecular complexity index is 398. The predicted octanol–water partition coefficient (Wildman–Crippen LogP) is 4.31. The van der Waals surface area contributed by atoms with Crippen LogP contribution < -0.4 is 4.74 Å². The molecular weight excluding hydrogens is 382 g/mol. The van der Waals surface area contributed by atoms with E-state index in [1.807, 2.05) is 26.0 Å². The van der Waals surface area contributed by atoms with E-state index in [1.54, 1.807) is 17.0 Å². The molecule has 0 aliphatic heterocycles. The third-order valence-corrected chi connectivity index (χ3v) is 4.49. The van der Waals surface area contributed by atoms with Crippen molar-refractivity contribution in [2.45, 2.75) is 24.0 Å². The second-order valence-corrected chi connectivity index (χ2v) is 6.59. The summed E-state index contributed by atoms with van der Waals surface area (Å²) in [4.78, 5) is 13.6. The van der Waals surface area contributed by atoms with E-state index in [-0.39, 0.29) is 10.2 Å². The number of hydrogen-bond donors (Lipinski definition) is 1. The first-order chi connectivity index (χ1) is 8.45. The van der Waals surface area contributed by atoms with Crippen LogP contribution in [-0.2, 0) is 0 Å². The summed E-state index contributed by atoms with van der Waals surface area (Å²) in [5.41, 5.74) is 0. The van der Waals surface area contributed by atoms with Gasteiger partial charge >= 0.3 is 6.09 Å². The lowest BCUT2D eigenvalue weighted by Crippen LogP contribution is -2.42. The number of amides is 1. The van der Waals surface area contributed by atoms with E-state index in [2.05, 4.69) is 44.5 Å². The standard InChI is InChI=1S/C12H15Br2NO2S/c1-3-15(11(18)8(2)13)12(16)17-10-6-4-9(14)5-7-10/h4-8,11,18H,3H2,1-2H3. The first-order valence-corrected chi connectivity index (χ1v) is 7.74. The minimum absolute atomic E-state index is 0.0817. The van der Waals surface area contributed by atoms with Crippen molar-refractivity contribution in [3.05, 3.63) is 28.7 Å². The molecule has 18 heavy (non-hydrogen) atoms. The zero-order chi connectivity index (χ0) is 13.7. The quantitative estimate of drug-likeness (QED) is 0.466. The SMILES string of the molecule is CCN(C(=O)Oc1ccc(Br)cc1)C(S)C(C)Br. The highest BCUT2D eigenvalue weighted by molar-refractivity contribution is 9.10. The summed E-state index contributed by atoms with van der Waals surface area (Å²) in [6, 6.07) is 7.12. The number of nitrogens with zero attached hydrogens (tertiary/aromatic N) is 1. The van der Waals surface area contributed by atoms with E-state index in [9.17, 15) is 4.79 Å². The Morgan fingerprint density at radius 1 is 1.44 bits per heavy atom. The van der Waals surface area contributed by atoms with Crippen LogP contribution in [0.4, 0.5) is 4.79 Å². The number of ether oxygens (including phenoxy) is 1. The summed E-state index contributed by atoms with van der Waals surface area (Å²) in [6.07, 6.45) is -0.397. The minimum atomic E-state index is -0.397. The Morgan fingerprint density at radius 2 is 2.00 bits per heavy atom. The number of alkyl halides is 1. The molecule has 0 N–H and O–H groups in total. The number of benzene rings is 1. The van der Waals surface area contributed by atoms with E-state index < -0.39 is 6.09 Å². The Morgan fingerprint density at radius 3 is 2.44 bits per heavy atom. The fourth-order valence-corrected chi connectivity index (χ4v) is 2.14. The minimum Gasteiger partial charge on any atom is -0.410 e. The van der Waals surface area contributed by atoms with Gasteiger partial charge in [-0.05, 0) is 38.1 Å². The molecule has 0 bridgehead atoms. The first kappa shape index (κ1) is 15.9. The molecule has 1 aromatic carbocycles. The predicted molar refractivity (Wildman–Crippen MR) is 83.7 cm³/mol. The van der Waals surface area contributed by atoms with Crippen molar-refractivity contribution in [3.63, 3.8) is 0 Å². The molecule has 0 radical (unpaired) electrons. The van der Waals surface area contributed by atoms with Gasteiger partial charge in [0.05, 0.1) is 5.37 Å². The average Bonchev–Trinajstić information content (AvgIpc) is 2.32. The van der Waals surface area contributed by atoms with Gasteiger partial charge in [0.2, 0.25) is 0 Å². The molecule has 0 aliphatic rings. The zero-order valence-electron chi connectivity index (χ0n) is 10.1. The molecule has 2 atom stereocenters. The lowest BCUT2D eigenvalue weighted by atomic mass is 10.3. The summed E-state index contributed by atoms with van der Waals surface area (Å²) in [5.74, 6) is 0.518. The number of rotatable bonds is 4. The lowest BCUT2D eigenvalue weighted by molar-refractivity contribution is 0.151. The normalized spacial score (nSPS) is 13.8. The van der Waals surface area contributed by atoms with Crippen LogP contribution in [0.2, 0.25) is 0 Å². The second kappa shape index (κ2) is 7.40. The molecule has 6 heteroatoms. The number of thiol groups is 1. The Kier molecular flexibility index (Phi) is 6.52. The molecular formula is C12H15Br2NO2S. The van der Waals surface area contributed by atoms with Crippen molar-refractivity contribution in [2.75, 3.05) is 6.54 Å². The van der Waals surface area contributed by atoms with Crippen molar-refractivity contribution < 1.29 is 9.53 Å². The summed E-state index contributed by atoms with van der Waals surface area (Å²) in [7, 11) is 0. The van der Waals surface area contributed by atoms with Gasteiger partial charge in [-0.15, -0.1) is 0 Å². The van der Waals surface area contributed by atoms with Crippen molar-refractivity contribution in [1.82, 2.24) is 4.90 Å². The van der Waals surface area contributed by atoms with Crippen LogP contribution in [0.25, 0.3) is 0 Å². The highest BCUT2D eigenvalue weighted by Gasteiger charge is 2.24. The van der Waals surface area contributed by atoms with Crippen molar-refractivity contribution >= 4 is 50.6 Å². The number of carbonyl (C=O) groups excluding carboxylic acids is 1. The largest absolute Gasteiger partial charge is 0.416 e. The maximum Gasteiger partial charge on any atom is 0.416 e. The number of carbonyl (C=O) groups is 1. The van der Waals surface area contributed by atoms with E-state index in [1.165, 1.54) is 0 Å². The highest BCUT2D eigenvalue weighted by atomic mass is 79.9. The van der Waals surface area contributed by atoms with E-state index >= 15 is 0 Å². The third kappa shape index (κ3) is 4.48. The van der Waals surface area contributed by atoms with Crippen LogP contribution in [0.3, 0.4) is 0 Å². The van der Waals surface area contributed by atoms with Crippen LogP contribution in [0.15, 0.2) is 28.7 Å². The van der Waals surface area contributed by atoms with Gasteiger partial charge in [0.15, 0.2) is 0 Å². The van der Waals surface area contributed by atoms with Gasteiger partial charge in [0, 0.05) is 15.8 Å². The fraction of sp³-hybridized carbons (Fsp3) is 0.417.